The van der Waals surface area contributed by atoms with Crippen LogP contribution in [0.15, 0.2) is 42.5 Å². The molecule has 0 radical (unpaired) electrons. The predicted molar refractivity (Wildman–Crippen MR) is 251 cm³/mol. The van der Waals surface area contributed by atoms with Crippen LogP contribution >= 0.6 is 0 Å². The third kappa shape index (κ3) is 12.2. The summed E-state index contributed by atoms with van der Waals surface area (Å²) in [6, 6.07) is 12.0. The fourth-order valence-electron chi connectivity index (χ4n) is 9.87. The second-order valence-electron chi connectivity index (χ2n) is 20.1. The lowest BCUT2D eigenvalue weighted by atomic mass is 9.85. The number of carbonyl (C=O) groups excluding carboxylic acids is 6. The number of nitrogens with one attached hydrogen (secondary N) is 5. The number of hydrogen-bond donors (Lipinski definition) is 5. The van der Waals surface area contributed by atoms with E-state index in [9.17, 15) is 28.8 Å². The molecule has 350 valence electrons. The molecule has 0 unspecified atom stereocenters. The number of fused-ring (bicyclic) bond motifs is 3. The Bertz CT molecular complexity index is 1920. The Kier molecular flexibility index (Phi) is 17.8. The topological polar surface area (TPSA) is 169 Å². The van der Waals surface area contributed by atoms with Crippen molar-refractivity contribution < 1.29 is 28.8 Å². The van der Waals surface area contributed by atoms with Crippen LogP contribution in [0.25, 0.3) is 10.8 Å². The normalized spacial score (nSPS) is 24.6. The fourth-order valence-corrected chi connectivity index (χ4v) is 9.87. The lowest BCUT2D eigenvalue weighted by Gasteiger charge is -2.38. The summed E-state index contributed by atoms with van der Waals surface area (Å²) in [6.45, 7) is 24.4. The van der Waals surface area contributed by atoms with Crippen molar-refractivity contribution in [2.75, 3.05) is 20.1 Å². The largest absolute Gasteiger partial charge is 0.352 e. The maximum Gasteiger partial charge on any atom is 0.252 e. The van der Waals surface area contributed by atoms with Gasteiger partial charge in [-0.05, 0) is 98.4 Å². The Morgan fingerprint density at radius 2 is 1.14 bits per heavy atom. The van der Waals surface area contributed by atoms with Gasteiger partial charge in [0.25, 0.3) is 5.91 Å². The van der Waals surface area contributed by atoms with E-state index < -0.39 is 23.5 Å². The van der Waals surface area contributed by atoms with Gasteiger partial charge in [0, 0.05) is 43.6 Å². The number of amides is 6. The maximum atomic E-state index is 13.8. The Morgan fingerprint density at radius 3 is 1.62 bits per heavy atom. The first-order valence-electron chi connectivity index (χ1n) is 23.6. The molecule has 5 N–H and O–H groups in total. The van der Waals surface area contributed by atoms with Gasteiger partial charge in [-0.15, -0.1) is 0 Å². The van der Waals surface area contributed by atoms with Gasteiger partial charge in [-0.2, -0.15) is 0 Å². The van der Waals surface area contributed by atoms with Crippen molar-refractivity contribution in [3.63, 3.8) is 0 Å². The summed E-state index contributed by atoms with van der Waals surface area (Å²) < 4.78 is 0. The number of likely N-dealkylation sites (tertiary alicyclic amines) is 2. The summed E-state index contributed by atoms with van der Waals surface area (Å²) in [6.07, 6.45) is 6.43. The molecule has 0 spiro atoms. The molecular weight excluding hydrogens is 795 g/mol. The van der Waals surface area contributed by atoms with Gasteiger partial charge in [0.05, 0.1) is 18.1 Å². The van der Waals surface area contributed by atoms with Crippen molar-refractivity contribution >= 4 is 46.2 Å². The average molecular weight is 874 g/mol. The predicted octanol–water partition coefficient (Wildman–Crippen LogP) is 6.19. The van der Waals surface area contributed by atoms with Gasteiger partial charge >= 0.3 is 0 Å². The first-order valence-corrected chi connectivity index (χ1v) is 23.6. The Morgan fingerprint density at radius 1 is 0.667 bits per heavy atom. The molecule has 2 heterocycles. The van der Waals surface area contributed by atoms with E-state index >= 15 is 0 Å². The summed E-state index contributed by atoms with van der Waals surface area (Å²) in [5.41, 5.74) is -0.165. The van der Waals surface area contributed by atoms with Crippen LogP contribution in [-0.2, 0) is 24.0 Å². The van der Waals surface area contributed by atoms with E-state index in [1.807, 2.05) is 122 Å². The molecule has 4 fully saturated rings. The van der Waals surface area contributed by atoms with Crippen LogP contribution in [-0.4, -0.2) is 108 Å². The molecule has 2 aromatic rings. The Balaban J connectivity index is 0.000000278. The minimum atomic E-state index is -0.639. The van der Waals surface area contributed by atoms with E-state index in [0.717, 1.165) is 55.7 Å². The van der Waals surface area contributed by atoms with Crippen LogP contribution in [0, 0.1) is 28.6 Å². The van der Waals surface area contributed by atoms with Crippen molar-refractivity contribution in [3.8, 4) is 0 Å². The van der Waals surface area contributed by atoms with E-state index in [2.05, 4.69) is 26.6 Å². The summed E-state index contributed by atoms with van der Waals surface area (Å²) in [5.74, 6) is 0.211. The van der Waals surface area contributed by atoms with E-state index in [1.165, 1.54) is 6.92 Å². The van der Waals surface area contributed by atoms with E-state index in [1.54, 1.807) is 14.0 Å². The molecule has 4 aliphatic rings. The van der Waals surface area contributed by atoms with Gasteiger partial charge in [-0.1, -0.05) is 106 Å². The number of carbonyl (C=O) groups is 6. The van der Waals surface area contributed by atoms with Crippen LogP contribution in [0.4, 0.5) is 0 Å². The van der Waals surface area contributed by atoms with Crippen LogP contribution in [0.2, 0.25) is 0 Å². The van der Waals surface area contributed by atoms with Crippen LogP contribution < -0.4 is 26.6 Å². The van der Waals surface area contributed by atoms with Crippen LogP contribution in [0.5, 0.6) is 0 Å². The van der Waals surface area contributed by atoms with Crippen molar-refractivity contribution in [2.45, 2.75) is 170 Å². The molecule has 2 saturated carbocycles. The van der Waals surface area contributed by atoms with Crippen molar-refractivity contribution in [1.29, 1.82) is 0 Å². The Hall–Kier alpha value is -4.52. The first kappa shape index (κ1) is 51.1. The van der Waals surface area contributed by atoms with Crippen molar-refractivity contribution in [3.05, 3.63) is 48.0 Å². The fraction of sp³-hybridized carbons (Fsp3) is 0.680. The number of hydrogen-bond acceptors (Lipinski definition) is 7. The molecule has 2 aliphatic heterocycles. The smallest absolute Gasteiger partial charge is 0.252 e. The van der Waals surface area contributed by atoms with Gasteiger partial charge in [0.2, 0.25) is 29.5 Å². The minimum Gasteiger partial charge on any atom is -0.352 e. The molecule has 13 heteroatoms. The SMILES string of the molecule is CC.CC[C@@H](C)C(=O)N[C@H](C(=O)N1CC[C@H]2CC[C@H](NC(C)=O)[C@H]21)C(C)(C)C.CN[C@@H](C)C(=O)N[C@H](C(=O)N1CC[C@H]2CC[C@H](NC(=O)c3cccc4ccccc34)[C@H]21)C(C)(C)C. The second-order valence-corrected chi connectivity index (χ2v) is 20.1. The molecule has 63 heavy (non-hydrogen) atoms. The standard InChI is InChI=1S/C28H38N4O3.C20H35N3O3.C2H6/c1-17(29-5)25(33)31-24(28(2,3)4)27(35)32-16-15-19-13-14-22(23(19)32)30-26(34)21-12-8-10-18-9-6-7-11-20(18)21;1-7-12(2)18(25)22-17(20(4,5)6)19(26)23-11-10-14-8-9-15(16(14)23)21-13(3)24;1-2/h6-12,17,19,22-24,29H,13-16H2,1-5H3,(H,30,34)(H,31,33);12,14-17H,7-11H2,1-6H3,(H,21,24)(H,22,25);1-2H3/t17-,19+,22-,23-,24+;12-,14-,15+,16+,17-;/m01./s1. The molecule has 0 aromatic heterocycles. The molecule has 2 aromatic carbocycles. The maximum absolute atomic E-state index is 13.8. The van der Waals surface area contributed by atoms with Gasteiger partial charge in [0.15, 0.2) is 0 Å². The summed E-state index contributed by atoms with van der Waals surface area (Å²) in [7, 11) is 1.73. The monoisotopic (exact) mass is 874 g/mol. The minimum absolute atomic E-state index is 0.0149. The summed E-state index contributed by atoms with van der Waals surface area (Å²) in [5, 5.41) is 17.2. The molecule has 0 bridgehead atoms. The van der Waals surface area contributed by atoms with E-state index in [0.29, 0.717) is 30.5 Å². The van der Waals surface area contributed by atoms with Crippen molar-refractivity contribution in [1.82, 2.24) is 36.4 Å². The van der Waals surface area contributed by atoms with Gasteiger partial charge in [0.1, 0.15) is 12.1 Å². The average Bonchev–Trinajstić information content (AvgIpc) is 4.05. The molecule has 13 nitrogen and oxygen atoms in total. The Labute approximate surface area is 377 Å². The molecule has 6 amide bonds. The second kappa shape index (κ2) is 21.9. The van der Waals surface area contributed by atoms with Gasteiger partial charge in [-0.25, -0.2) is 0 Å². The van der Waals surface area contributed by atoms with Crippen molar-refractivity contribution in [2.24, 2.45) is 28.6 Å². The molecule has 10 atom stereocenters. The zero-order valence-electron chi connectivity index (χ0n) is 40.5. The molecule has 2 saturated heterocycles. The number of likely N-dealkylation sites (N-methyl/N-ethyl adjacent to an activating group) is 1. The van der Waals surface area contributed by atoms with E-state index in [-0.39, 0.29) is 70.9 Å². The van der Waals surface area contributed by atoms with Crippen LogP contribution in [0.1, 0.15) is 138 Å². The number of nitrogens with zero attached hydrogens (tertiary/aromatic N) is 2. The summed E-state index contributed by atoms with van der Waals surface area (Å²) in [4.78, 5) is 81.1. The van der Waals surface area contributed by atoms with E-state index in [4.69, 9.17) is 0 Å². The third-order valence-electron chi connectivity index (χ3n) is 13.7. The summed E-state index contributed by atoms with van der Waals surface area (Å²) >= 11 is 0. The highest BCUT2D eigenvalue weighted by atomic mass is 16.2. The van der Waals surface area contributed by atoms with Gasteiger partial charge in [-0.3, -0.25) is 28.8 Å². The quantitative estimate of drug-likeness (QED) is 0.179. The molecular formula is C50H79N7O6. The number of benzene rings is 2. The lowest BCUT2D eigenvalue weighted by molar-refractivity contribution is -0.141. The highest BCUT2D eigenvalue weighted by Crippen LogP contribution is 2.41. The van der Waals surface area contributed by atoms with Crippen LogP contribution in [0.3, 0.4) is 0 Å². The zero-order chi connectivity index (χ0) is 47.0. The first-order chi connectivity index (χ1) is 29.7. The number of rotatable bonds is 11. The lowest BCUT2D eigenvalue weighted by Crippen LogP contribution is -2.60. The molecule has 2 aliphatic carbocycles. The third-order valence-corrected chi connectivity index (χ3v) is 13.7. The van der Waals surface area contributed by atoms with Gasteiger partial charge < -0.3 is 36.4 Å². The highest BCUT2D eigenvalue weighted by Gasteiger charge is 2.51. The highest BCUT2D eigenvalue weighted by molar-refractivity contribution is 6.07. The zero-order valence-corrected chi connectivity index (χ0v) is 40.5. The molecule has 6 rings (SSSR count).